The molecule has 6 nitrogen and oxygen atoms in total. The summed E-state index contributed by atoms with van der Waals surface area (Å²) in [7, 11) is 0. The van der Waals surface area contributed by atoms with Crippen molar-refractivity contribution in [2.24, 2.45) is 0 Å². The van der Waals surface area contributed by atoms with Crippen molar-refractivity contribution in [1.29, 1.82) is 0 Å². The van der Waals surface area contributed by atoms with E-state index < -0.39 is 0 Å². The summed E-state index contributed by atoms with van der Waals surface area (Å²) in [6, 6.07) is 16.4. The smallest absolute Gasteiger partial charge is 0.286 e. The third-order valence-electron chi connectivity index (χ3n) is 3.77. The highest BCUT2D eigenvalue weighted by Gasteiger charge is 2.13. The van der Waals surface area contributed by atoms with Crippen LogP contribution in [0, 0.1) is 6.92 Å². The lowest BCUT2D eigenvalue weighted by Crippen LogP contribution is -2.26. The monoisotopic (exact) mass is 366 g/mol. The molecule has 1 heterocycles. The standard InChI is InChI=1S/C19H18N4O2S/c1-12(14-6-4-3-5-7-14)20-17(24)15-8-10-16(11-9-15)21-18(25)19-23-22-13(2)26-19/h3-12H,1-2H3,(H,20,24)(H,21,25)/t12-/m0/s1. The summed E-state index contributed by atoms with van der Waals surface area (Å²) in [4.78, 5) is 24.4. The zero-order chi connectivity index (χ0) is 18.5. The Morgan fingerprint density at radius 2 is 1.65 bits per heavy atom. The molecule has 0 aliphatic rings. The van der Waals surface area contributed by atoms with Crippen LogP contribution in [-0.4, -0.2) is 22.0 Å². The van der Waals surface area contributed by atoms with Gasteiger partial charge in [0.2, 0.25) is 5.01 Å². The van der Waals surface area contributed by atoms with E-state index in [1.807, 2.05) is 37.3 Å². The number of rotatable bonds is 5. The Morgan fingerprint density at radius 3 is 2.27 bits per heavy atom. The molecule has 0 aliphatic heterocycles. The summed E-state index contributed by atoms with van der Waals surface area (Å²) < 4.78 is 0. The van der Waals surface area contributed by atoms with E-state index in [1.54, 1.807) is 31.2 Å². The summed E-state index contributed by atoms with van der Waals surface area (Å²) in [6.45, 7) is 3.73. The molecule has 0 spiro atoms. The maximum atomic E-state index is 12.4. The predicted molar refractivity (Wildman–Crippen MR) is 101 cm³/mol. The first-order valence-corrected chi connectivity index (χ1v) is 8.92. The fraction of sp³-hybridized carbons (Fsp3) is 0.158. The van der Waals surface area contributed by atoms with Gasteiger partial charge in [0.1, 0.15) is 5.01 Å². The molecule has 3 aromatic rings. The van der Waals surface area contributed by atoms with Crippen LogP contribution in [0.25, 0.3) is 0 Å². The van der Waals surface area contributed by atoms with E-state index in [1.165, 1.54) is 11.3 Å². The number of anilines is 1. The molecule has 3 rings (SSSR count). The van der Waals surface area contributed by atoms with Crippen LogP contribution in [-0.2, 0) is 0 Å². The first kappa shape index (κ1) is 17.8. The highest BCUT2D eigenvalue weighted by molar-refractivity contribution is 7.13. The van der Waals surface area contributed by atoms with E-state index >= 15 is 0 Å². The van der Waals surface area contributed by atoms with Crippen molar-refractivity contribution in [3.63, 3.8) is 0 Å². The van der Waals surface area contributed by atoms with Crippen molar-refractivity contribution < 1.29 is 9.59 Å². The minimum atomic E-state index is -0.314. The van der Waals surface area contributed by atoms with Gasteiger partial charge in [-0.3, -0.25) is 9.59 Å². The van der Waals surface area contributed by atoms with Gasteiger partial charge in [-0.2, -0.15) is 0 Å². The van der Waals surface area contributed by atoms with Crippen molar-refractivity contribution in [3.05, 3.63) is 75.7 Å². The molecule has 132 valence electrons. The number of carbonyl (C=O) groups is 2. The summed E-state index contributed by atoms with van der Waals surface area (Å²) in [5, 5.41) is 14.4. The fourth-order valence-electron chi connectivity index (χ4n) is 2.38. The number of aryl methyl sites for hydroxylation is 1. The molecule has 1 aromatic heterocycles. The van der Waals surface area contributed by atoms with Crippen molar-refractivity contribution in [2.75, 3.05) is 5.32 Å². The van der Waals surface area contributed by atoms with E-state index in [4.69, 9.17) is 0 Å². The molecule has 0 fully saturated rings. The molecular formula is C19H18N4O2S. The maximum absolute atomic E-state index is 12.4. The molecule has 0 saturated heterocycles. The molecule has 0 saturated carbocycles. The van der Waals surface area contributed by atoms with Crippen LogP contribution in [0.3, 0.4) is 0 Å². The summed E-state index contributed by atoms with van der Waals surface area (Å²) in [5.74, 6) is -0.482. The van der Waals surface area contributed by atoms with Crippen LogP contribution < -0.4 is 10.6 Å². The number of benzene rings is 2. The Morgan fingerprint density at radius 1 is 0.962 bits per heavy atom. The highest BCUT2D eigenvalue weighted by Crippen LogP contribution is 2.15. The summed E-state index contributed by atoms with van der Waals surface area (Å²) >= 11 is 1.23. The first-order valence-electron chi connectivity index (χ1n) is 8.10. The van der Waals surface area contributed by atoms with Gasteiger partial charge in [-0.15, -0.1) is 10.2 Å². The maximum Gasteiger partial charge on any atom is 0.286 e. The minimum Gasteiger partial charge on any atom is -0.346 e. The van der Waals surface area contributed by atoms with E-state index in [0.717, 1.165) is 10.6 Å². The Hall–Kier alpha value is -3.06. The zero-order valence-corrected chi connectivity index (χ0v) is 15.2. The molecule has 7 heteroatoms. The lowest BCUT2D eigenvalue weighted by molar-refractivity contribution is 0.0939. The van der Waals surface area contributed by atoms with Crippen LogP contribution in [0.15, 0.2) is 54.6 Å². The van der Waals surface area contributed by atoms with Gasteiger partial charge in [-0.1, -0.05) is 41.7 Å². The van der Waals surface area contributed by atoms with Crippen LogP contribution in [0.2, 0.25) is 0 Å². The van der Waals surface area contributed by atoms with Gasteiger partial charge in [0.15, 0.2) is 0 Å². The quantitative estimate of drug-likeness (QED) is 0.723. The molecule has 0 radical (unpaired) electrons. The molecule has 1 atom stereocenters. The molecule has 0 unspecified atom stereocenters. The molecule has 0 aliphatic carbocycles. The topological polar surface area (TPSA) is 84.0 Å². The number of amides is 2. The average molecular weight is 366 g/mol. The predicted octanol–water partition coefficient (Wildman–Crippen LogP) is 3.59. The Balaban J connectivity index is 1.61. The third-order valence-corrected chi connectivity index (χ3v) is 4.61. The molecule has 2 aromatic carbocycles. The number of hydrogen-bond acceptors (Lipinski definition) is 5. The second kappa shape index (κ2) is 7.88. The van der Waals surface area contributed by atoms with Crippen LogP contribution in [0.1, 0.15) is 43.7 Å². The third kappa shape index (κ3) is 4.31. The normalized spacial score (nSPS) is 11.6. The number of carbonyl (C=O) groups excluding carboxylic acids is 2. The molecular weight excluding hydrogens is 348 g/mol. The zero-order valence-electron chi connectivity index (χ0n) is 14.4. The van der Waals surface area contributed by atoms with Gasteiger partial charge >= 0.3 is 0 Å². The molecule has 0 bridgehead atoms. The summed E-state index contributed by atoms with van der Waals surface area (Å²) in [6.07, 6.45) is 0. The number of aromatic nitrogens is 2. The molecule has 2 amide bonds. The van der Waals surface area contributed by atoms with Gasteiger partial charge < -0.3 is 10.6 Å². The van der Waals surface area contributed by atoms with Crippen LogP contribution >= 0.6 is 11.3 Å². The average Bonchev–Trinajstić information content (AvgIpc) is 3.09. The van der Waals surface area contributed by atoms with Crippen molar-refractivity contribution >= 4 is 28.8 Å². The second-order valence-electron chi connectivity index (χ2n) is 5.76. The van der Waals surface area contributed by atoms with E-state index in [9.17, 15) is 9.59 Å². The van der Waals surface area contributed by atoms with Gasteiger partial charge in [0.05, 0.1) is 6.04 Å². The summed E-state index contributed by atoms with van der Waals surface area (Å²) in [5.41, 5.74) is 2.16. The molecule has 26 heavy (non-hydrogen) atoms. The lowest BCUT2D eigenvalue weighted by Gasteiger charge is -2.14. The van der Waals surface area contributed by atoms with E-state index in [-0.39, 0.29) is 17.9 Å². The van der Waals surface area contributed by atoms with Crippen LogP contribution in [0.4, 0.5) is 5.69 Å². The minimum absolute atomic E-state index is 0.0938. The molecule has 2 N–H and O–H groups in total. The fourth-order valence-corrected chi connectivity index (χ4v) is 2.97. The number of hydrogen-bond donors (Lipinski definition) is 2. The van der Waals surface area contributed by atoms with Crippen molar-refractivity contribution in [3.8, 4) is 0 Å². The van der Waals surface area contributed by atoms with Crippen LogP contribution in [0.5, 0.6) is 0 Å². The lowest BCUT2D eigenvalue weighted by atomic mass is 10.1. The number of nitrogens with zero attached hydrogens (tertiary/aromatic N) is 2. The van der Waals surface area contributed by atoms with Gasteiger partial charge in [0.25, 0.3) is 11.8 Å². The van der Waals surface area contributed by atoms with Crippen molar-refractivity contribution in [1.82, 2.24) is 15.5 Å². The Labute approximate surface area is 155 Å². The van der Waals surface area contributed by atoms with E-state index in [0.29, 0.717) is 16.3 Å². The van der Waals surface area contributed by atoms with Crippen molar-refractivity contribution in [2.45, 2.75) is 19.9 Å². The van der Waals surface area contributed by atoms with E-state index in [2.05, 4.69) is 20.8 Å². The second-order valence-corrected chi connectivity index (χ2v) is 6.95. The highest BCUT2D eigenvalue weighted by atomic mass is 32.1. The van der Waals surface area contributed by atoms with Gasteiger partial charge in [-0.05, 0) is 43.7 Å². The first-order chi connectivity index (χ1) is 12.5. The SMILES string of the molecule is Cc1nnc(C(=O)Nc2ccc(C(=O)N[C@@H](C)c3ccccc3)cc2)s1. The Kier molecular flexibility index (Phi) is 5.38. The van der Waals surface area contributed by atoms with Gasteiger partial charge in [0, 0.05) is 11.3 Å². The Bertz CT molecular complexity index is 907. The van der Waals surface area contributed by atoms with Gasteiger partial charge in [-0.25, -0.2) is 0 Å². The largest absolute Gasteiger partial charge is 0.346 e. The number of nitrogens with one attached hydrogen (secondary N) is 2.